The van der Waals surface area contributed by atoms with Gasteiger partial charge in [0.1, 0.15) is 0 Å². The number of benzene rings is 3. The average Bonchev–Trinajstić information content (AvgIpc) is 3.02. The summed E-state index contributed by atoms with van der Waals surface area (Å²) in [6.45, 7) is 31.6. The Morgan fingerprint density at radius 1 is 0.523 bits per heavy atom. The summed E-state index contributed by atoms with van der Waals surface area (Å²) in [5.74, 6) is 0.521. The fraction of sp³-hybridized carbons (Fsp3) is 0.436. The molecule has 0 aromatic heterocycles. The molecule has 0 bridgehead atoms. The number of hydrogen-bond acceptors (Lipinski definition) is 0. The van der Waals surface area contributed by atoms with Gasteiger partial charge in [0, 0.05) is 0 Å². The van der Waals surface area contributed by atoms with Crippen molar-refractivity contribution in [2.45, 2.75) is 108 Å². The van der Waals surface area contributed by atoms with Crippen molar-refractivity contribution in [1.82, 2.24) is 0 Å². The van der Waals surface area contributed by atoms with Crippen LogP contribution in [0.4, 0.5) is 0 Å². The van der Waals surface area contributed by atoms with Gasteiger partial charge in [0.25, 0.3) is 0 Å². The molecule has 0 saturated heterocycles. The molecule has 241 valence electrons. The van der Waals surface area contributed by atoms with Gasteiger partial charge in [-0.05, 0) is 0 Å². The van der Waals surface area contributed by atoms with Gasteiger partial charge in [-0.2, -0.15) is 0 Å². The van der Waals surface area contributed by atoms with E-state index in [4.69, 9.17) is 0 Å². The Kier molecular flexibility index (Phi) is 14.2. The van der Waals surface area contributed by atoms with Crippen molar-refractivity contribution in [1.29, 1.82) is 0 Å². The smallest absolute Gasteiger partial charge is 0.147 e. The largest absolute Gasteiger partial charge is 0.147 e. The van der Waals surface area contributed by atoms with E-state index in [0.717, 1.165) is 0 Å². The predicted molar refractivity (Wildman–Crippen MR) is 204 cm³/mol. The van der Waals surface area contributed by atoms with Crippen LogP contribution in [0.5, 0.6) is 0 Å². The SMILES string of the molecule is CC1=C(C)C(C)[C]([Ti]([c]2cc(C(C)(C)C)cc(C(C)(C)C)c2)[SiH](c2cc(C)cc(C)c2)c2cc(C)cc(C)c2)=C1C.Cl.Cl.Cl. The molecule has 0 amide bonds. The maximum atomic E-state index is 2.66. The van der Waals surface area contributed by atoms with Gasteiger partial charge in [0.2, 0.25) is 0 Å². The Balaban J connectivity index is 0.00000323. The minimum absolute atomic E-state index is 0. The van der Waals surface area contributed by atoms with Crippen LogP contribution in [0.3, 0.4) is 0 Å². The Morgan fingerprint density at radius 2 is 0.886 bits per heavy atom. The van der Waals surface area contributed by atoms with Crippen molar-refractivity contribution in [2.75, 3.05) is 0 Å². The van der Waals surface area contributed by atoms with E-state index >= 15 is 0 Å². The van der Waals surface area contributed by atoms with Crippen molar-refractivity contribution < 1.29 is 17.1 Å². The topological polar surface area (TPSA) is 0 Å². The van der Waals surface area contributed by atoms with Crippen LogP contribution in [0, 0.1) is 33.6 Å². The monoisotopic (exact) mass is 705 g/mol. The van der Waals surface area contributed by atoms with Gasteiger partial charge in [0.05, 0.1) is 0 Å². The van der Waals surface area contributed by atoms with Crippen LogP contribution in [0.25, 0.3) is 0 Å². The second-order valence-corrected chi connectivity index (χ2v) is 25.4. The van der Waals surface area contributed by atoms with Crippen LogP contribution in [-0.4, -0.2) is 6.66 Å². The van der Waals surface area contributed by atoms with Crippen molar-refractivity contribution >= 4 is 58.1 Å². The molecule has 5 heteroatoms. The number of rotatable bonds is 5. The first kappa shape index (κ1) is 41.0. The van der Waals surface area contributed by atoms with Crippen LogP contribution in [0.1, 0.15) is 103 Å². The second-order valence-electron chi connectivity index (χ2n) is 15.1. The fourth-order valence-electron chi connectivity index (χ4n) is 6.80. The predicted octanol–water partition coefficient (Wildman–Crippen LogP) is 9.82. The average molecular weight is 707 g/mol. The van der Waals surface area contributed by atoms with Gasteiger partial charge in [-0.1, -0.05) is 0 Å². The zero-order valence-electron chi connectivity index (χ0n) is 29.6. The normalized spacial score (nSPS) is 15.2. The molecule has 4 rings (SSSR count). The maximum absolute atomic E-state index is 2.66. The molecule has 0 radical (unpaired) electrons. The van der Waals surface area contributed by atoms with E-state index in [1.807, 2.05) is 3.88 Å². The molecule has 0 fully saturated rings. The van der Waals surface area contributed by atoms with Crippen molar-refractivity contribution in [3.8, 4) is 0 Å². The third kappa shape index (κ3) is 8.64. The molecule has 0 heterocycles. The summed E-state index contributed by atoms with van der Waals surface area (Å²) in [7, 11) is 0. The number of hydrogen-bond donors (Lipinski definition) is 0. The number of allylic oxidation sites excluding steroid dienone is 4. The Labute approximate surface area is 295 Å². The molecule has 1 aliphatic rings. The third-order valence-corrected chi connectivity index (χ3v) is 24.0. The quantitative estimate of drug-likeness (QED) is 0.232. The minimum atomic E-state index is -2.13. The standard InChI is InChI=1S/C16H19Si.C14H21.C9H13.3ClH.Ti/c1-11-5-12(2)8-15(7-11)17-16-9-13(3)6-14(4)10-16;1-13(2,3)11-8-7-9-12(10-11)14(4,5)6;1-6-5-7(2)9(4)8(6)3;;;;/h5-10,17H,1-4H3;8-10H,1-6H3;6H,1-4H3;3*1H;. The Bertz CT molecular complexity index is 1430. The first-order valence-corrected chi connectivity index (χ1v) is 21.5. The van der Waals surface area contributed by atoms with E-state index in [0.29, 0.717) is 5.92 Å². The van der Waals surface area contributed by atoms with Gasteiger partial charge in [-0.25, -0.2) is 0 Å². The molecule has 3 aromatic rings. The van der Waals surface area contributed by atoms with Gasteiger partial charge in [0.15, 0.2) is 0 Å². The molecule has 0 nitrogen and oxygen atoms in total. The second kappa shape index (κ2) is 15.2. The first-order valence-electron chi connectivity index (χ1n) is 15.5. The Morgan fingerprint density at radius 3 is 1.18 bits per heavy atom. The third-order valence-electron chi connectivity index (χ3n) is 9.35. The Hall–Kier alpha value is -1.06. The van der Waals surface area contributed by atoms with Gasteiger partial charge < -0.3 is 0 Å². The van der Waals surface area contributed by atoms with Crippen LogP contribution >= 0.6 is 37.2 Å². The molecule has 0 saturated carbocycles. The summed E-state index contributed by atoms with van der Waals surface area (Å²) in [6.07, 6.45) is 0. The maximum Gasteiger partial charge on any atom is -0.147 e. The summed E-state index contributed by atoms with van der Waals surface area (Å²) in [6, 6.07) is 22.7. The minimum Gasteiger partial charge on any atom is -0.147 e. The zero-order chi connectivity index (χ0) is 30.6. The molecular formula is C39H56Cl3SiTi. The van der Waals surface area contributed by atoms with E-state index in [9.17, 15) is 0 Å². The summed E-state index contributed by atoms with van der Waals surface area (Å²) in [5, 5.41) is 3.27. The van der Waals surface area contributed by atoms with E-state index in [-0.39, 0.29) is 48.1 Å². The fourth-order valence-corrected chi connectivity index (χ4v) is 24.0. The van der Waals surface area contributed by atoms with Crippen LogP contribution in [-0.2, 0) is 28.0 Å². The summed E-state index contributed by atoms with van der Waals surface area (Å²) < 4.78 is 3.50. The van der Waals surface area contributed by atoms with E-state index < -0.39 is 23.8 Å². The van der Waals surface area contributed by atoms with Crippen LogP contribution < -0.4 is 14.2 Å². The first-order chi connectivity index (χ1) is 18.9. The summed E-state index contributed by atoms with van der Waals surface area (Å²) in [5.41, 5.74) is 13.5. The van der Waals surface area contributed by atoms with Gasteiger partial charge in [-0.15, -0.1) is 37.2 Å². The molecule has 44 heavy (non-hydrogen) atoms. The van der Waals surface area contributed by atoms with E-state index in [1.54, 1.807) is 25.4 Å². The van der Waals surface area contributed by atoms with Crippen molar-refractivity contribution in [3.63, 3.8) is 0 Å². The zero-order valence-corrected chi connectivity index (χ0v) is 34.7. The van der Waals surface area contributed by atoms with Crippen molar-refractivity contribution in [3.05, 3.63) is 109 Å². The molecule has 1 unspecified atom stereocenters. The number of aryl methyl sites for hydroxylation is 4. The molecule has 1 aliphatic carbocycles. The van der Waals surface area contributed by atoms with Crippen LogP contribution in [0.2, 0.25) is 0 Å². The van der Waals surface area contributed by atoms with E-state index in [2.05, 4.69) is 152 Å². The van der Waals surface area contributed by atoms with E-state index in [1.165, 1.54) is 39.0 Å². The summed E-state index contributed by atoms with van der Waals surface area (Å²) in [4.78, 5) is 0. The molecule has 3 aromatic carbocycles. The molecule has 0 N–H and O–H groups in total. The van der Waals surface area contributed by atoms with Gasteiger partial charge >= 0.3 is 260 Å². The molecule has 0 spiro atoms. The van der Waals surface area contributed by atoms with Crippen LogP contribution in [0.15, 0.2) is 75.2 Å². The molecule has 0 aliphatic heterocycles. The van der Waals surface area contributed by atoms with Gasteiger partial charge in [-0.3, -0.25) is 0 Å². The number of halogens is 3. The molecular weight excluding hydrogens is 651 g/mol. The molecule has 1 atom stereocenters. The van der Waals surface area contributed by atoms with Crippen molar-refractivity contribution in [2.24, 2.45) is 5.92 Å². The summed E-state index contributed by atoms with van der Waals surface area (Å²) >= 11 is -2.13.